The fourth-order valence-corrected chi connectivity index (χ4v) is 9.91. The van der Waals surface area contributed by atoms with Crippen molar-refractivity contribution in [2.45, 2.75) is 103 Å². The Morgan fingerprint density at radius 1 is 1.04 bits per heavy atom. The van der Waals surface area contributed by atoms with Crippen LogP contribution in [-0.2, 0) is 4.74 Å². The number of rotatable bonds is 1. The van der Waals surface area contributed by atoms with Gasteiger partial charge in [0.2, 0.25) is 0 Å². The Morgan fingerprint density at radius 3 is 2.61 bits per heavy atom. The summed E-state index contributed by atoms with van der Waals surface area (Å²) in [7, 11) is 0. The van der Waals surface area contributed by atoms with E-state index in [1.165, 1.54) is 77.0 Å². The number of fused-ring (bicyclic) bond motifs is 4. The maximum Gasteiger partial charge on any atom is 0.0957 e. The molecule has 8 unspecified atom stereocenters. The van der Waals surface area contributed by atoms with Crippen molar-refractivity contribution in [3.05, 3.63) is 12.2 Å². The number of aliphatic hydroxyl groups is 1. The molecule has 6 rings (SSSR count). The molecular formula is C26H40O2. The lowest BCUT2D eigenvalue weighted by Gasteiger charge is -2.57. The minimum Gasteiger partial charge on any atom is -0.396 e. The summed E-state index contributed by atoms with van der Waals surface area (Å²) in [4.78, 5) is 0. The topological polar surface area (TPSA) is 32.8 Å². The van der Waals surface area contributed by atoms with Gasteiger partial charge in [-0.15, -0.1) is 0 Å². The van der Waals surface area contributed by atoms with Gasteiger partial charge in [0, 0.05) is 12.0 Å². The van der Waals surface area contributed by atoms with E-state index in [-0.39, 0.29) is 5.60 Å². The molecule has 8 atom stereocenters. The Bertz CT molecular complexity index is 697. The first-order chi connectivity index (χ1) is 13.3. The molecule has 28 heavy (non-hydrogen) atoms. The summed E-state index contributed by atoms with van der Waals surface area (Å²) in [5, 5.41) is 10.1. The highest BCUT2D eigenvalue weighted by atomic mass is 16.6. The lowest BCUT2D eigenvalue weighted by molar-refractivity contribution is -0.0569. The molecule has 1 aliphatic heterocycles. The van der Waals surface area contributed by atoms with Gasteiger partial charge < -0.3 is 9.84 Å². The van der Waals surface area contributed by atoms with E-state index in [1.54, 1.807) is 5.57 Å². The molecule has 156 valence electrons. The van der Waals surface area contributed by atoms with E-state index in [0.29, 0.717) is 34.9 Å². The Hall–Kier alpha value is -0.340. The normalized spacial score (nSPS) is 56.5. The Balaban J connectivity index is 1.37. The molecule has 3 spiro atoms. The molecule has 1 N–H and O–H groups in total. The van der Waals surface area contributed by atoms with Crippen molar-refractivity contribution in [2.24, 2.45) is 39.9 Å². The molecule has 2 bridgehead atoms. The van der Waals surface area contributed by atoms with Crippen LogP contribution in [0.15, 0.2) is 12.2 Å². The summed E-state index contributed by atoms with van der Waals surface area (Å²) in [6.07, 6.45) is 16.3. The van der Waals surface area contributed by atoms with Crippen molar-refractivity contribution >= 4 is 0 Å². The van der Waals surface area contributed by atoms with E-state index in [0.717, 1.165) is 17.8 Å². The minimum atomic E-state index is 0.211. The molecule has 6 aliphatic rings. The standard InChI is InChI=1S/C26H40O2/c1-17-12-25(11-10-24(16-25)8-5-7-19(24)15-27)22-26(28-22)9-4-6-18(13-26)21-20(17)14-23(21,2)3/h18-22,27H,1,4-16H2,2-3H3. The second-order valence-corrected chi connectivity index (χ2v) is 12.8. The quantitative estimate of drug-likeness (QED) is 0.452. The molecule has 5 aliphatic carbocycles. The monoisotopic (exact) mass is 384 g/mol. The predicted octanol–water partition coefficient (Wildman–Crippen LogP) is 5.89. The largest absolute Gasteiger partial charge is 0.396 e. The van der Waals surface area contributed by atoms with Crippen LogP contribution >= 0.6 is 0 Å². The van der Waals surface area contributed by atoms with Crippen LogP contribution in [0, 0.1) is 39.9 Å². The number of aliphatic hydroxyl groups excluding tert-OH is 1. The van der Waals surface area contributed by atoms with Crippen molar-refractivity contribution in [1.29, 1.82) is 0 Å². The van der Waals surface area contributed by atoms with E-state index in [9.17, 15) is 5.11 Å². The third-order valence-electron chi connectivity index (χ3n) is 10.9. The molecule has 0 radical (unpaired) electrons. The average molecular weight is 385 g/mol. The van der Waals surface area contributed by atoms with Crippen LogP contribution in [0.1, 0.15) is 90.9 Å². The van der Waals surface area contributed by atoms with E-state index in [1.807, 2.05) is 0 Å². The Kier molecular flexibility index (Phi) is 3.73. The van der Waals surface area contributed by atoms with E-state index >= 15 is 0 Å². The number of hydrogen-bond donors (Lipinski definition) is 1. The fraction of sp³-hybridized carbons (Fsp3) is 0.923. The average Bonchev–Trinajstić information content (AvgIpc) is 3.01. The molecule has 0 aromatic carbocycles. The second-order valence-electron chi connectivity index (χ2n) is 12.8. The van der Waals surface area contributed by atoms with Crippen molar-refractivity contribution in [2.75, 3.05) is 6.61 Å². The van der Waals surface area contributed by atoms with Gasteiger partial charge in [-0.25, -0.2) is 0 Å². The van der Waals surface area contributed by atoms with Gasteiger partial charge in [-0.1, -0.05) is 38.8 Å². The molecule has 1 heterocycles. The van der Waals surface area contributed by atoms with Crippen molar-refractivity contribution in [1.82, 2.24) is 0 Å². The van der Waals surface area contributed by atoms with Crippen LogP contribution in [0.5, 0.6) is 0 Å². The van der Waals surface area contributed by atoms with Gasteiger partial charge >= 0.3 is 0 Å². The summed E-state index contributed by atoms with van der Waals surface area (Å²) in [5.41, 5.74) is 3.00. The molecular weight excluding hydrogens is 344 g/mol. The molecule has 1 saturated heterocycles. The van der Waals surface area contributed by atoms with Crippen LogP contribution in [0.4, 0.5) is 0 Å². The van der Waals surface area contributed by atoms with Crippen LogP contribution < -0.4 is 0 Å². The van der Waals surface area contributed by atoms with Crippen LogP contribution in [0.25, 0.3) is 0 Å². The van der Waals surface area contributed by atoms with Gasteiger partial charge in [0.25, 0.3) is 0 Å². The maximum atomic E-state index is 10.1. The van der Waals surface area contributed by atoms with Crippen molar-refractivity contribution in [3.63, 3.8) is 0 Å². The van der Waals surface area contributed by atoms with Gasteiger partial charge in [-0.05, 0) is 98.7 Å². The molecule has 5 saturated carbocycles. The number of ether oxygens (including phenoxy) is 1. The van der Waals surface area contributed by atoms with E-state index in [2.05, 4.69) is 13.8 Å². The van der Waals surface area contributed by atoms with Gasteiger partial charge in [0.15, 0.2) is 0 Å². The third-order valence-corrected chi connectivity index (χ3v) is 10.9. The van der Waals surface area contributed by atoms with Crippen LogP contribution in [-0.4, -0.2) is 23.4 Å². The van der Waals surface area contributed by atoms with Crippen LogP contribution in [0.2, 0.25) is 0 Å². The molecule has 2 heteroatoms. The SMILES string of the molecule is C=C1CC2(CCC3(CCCC3CO)C2)C2OC23CCCC(C3)C2C1CC2(C)C. The highest BCUT2D eigenvalue weighted by Crippen LogP contribution is 2.73. The summed E-state index contributed by atoms with van der Waals surface area (Å²) in [6.45, 7) is 10.2. The molecule has 0 aromatic heterocycles. The molecule has 6 fully saturated rings. The van der Waals surface area contributed by atoms with Gasteiger partial charge in [-0.2, -0.15) is 0 Å². The highest BCUT2D eigenvalue weighted by Gasteiger charge is 2.71. The number of epoxide rings is 1. The van der Waals surface area contributed by atoms with E-state index < -0.39 is 0 Å². The second kappa shape index (κ2) is 5.67. The van der Waals surface area contributed by atoms with Gasteiger partial charge in [0.1, 0.15) is 0 Å². The fourth-order valence-electron chi connectivity index (χ4n) is 9.91. The molecule has 0 amide bonds. The predicted molar refractivity (Wildman–Crippen MR) is 112 cm³/mol. The van der Waals surface area contributed by atoms with Gasteiger partial charge in [-0.3, -0.25) is 0 Å². The zero-order valence-corrected chi connectivity index (χ0v) is 18.1. The smallest absolute Gasteiger partial charge is 0.0957 e. The zero-order chi connectivity index (χ0) is 19.4. The van der Waals surface area contributed by atoms with Crippen molar-refractivity contribution < 1.29 is 9.84 Å². The number of allylic oxidation sites excluding steroid dienone is 1. The summed E-state index contributed by atoms with van der Waals surface area (Å²) in [5.74, 6) is 2.99. The number of hydrogen-bond acceptors (Lipinski definition) is 2. The van der Waals surface area contributed by atoms with Crippen molar-refractivity contribution in [3.8, 4) is 0 Å². The summed E-state index contributed by atoms with van der Waals surface area (Å²) < 4.78 is 6.78. The first-order valence-corrected chi connectivity index (χ1v) is 12.3. The maximum absolute atomic E-state index is 10.1. The van der Waals surface area contributed by atoms with Crippen LogP contribution in [0.3, 0.4) is 0 Å². The Morgan fingerprint density at radius 2 is 1.82 bits per heavy atom. The summed E-state index contributed by atoms with van der Waals surface area (Å²) >= 11 is 0. The third kappa shape index (κ3) is 2.28. The lowest BCUT2D eigenvalue weighted by Crippen LogP contribution is -2.50. The minimum absolute atomic E-state index is 0.211. The van der Waals surface area contributed by atoms with E-state index in [4.69, 9.17) is 11.3 Å². The highest BCUT2D eigenvalue weighted by molar-refractivity contribution is 5.26. The lowest BCUT2D eigenvalue weighted by atomic mass is 9.48. The molecule has 2 nitrogen and oxygen atoms in total. The molecule has 0 aromatic rings. The van der Waals surface area contributed by atoms with Gasteiger partial charge in [0.05, 0.1) is 11.7 Å². The first-order valence-electron chi connectivity index (χ1n) is 12.3. The Labute approximate surface area is 171 Å². The zero-order valence-electron chi connectivity index (χ0n) is 18.1. The first kappa shape index (κ1) is 18.4. The summed E-state index contributed by atoms with van der Waals surface area (Å²) in [6, 6.07) is 0.